The molecule has 0 bridgehead atoms. The molecule has 1 fully saturated rings. The number of hydrogen-bond acceptors (Lipinski definition) is 4. The summed E-state index contributed by atoms with van der Waals surface area (Å²) in [6.07, 6.45) is -3.97. The maximum atomic E-state index is 13.3. The smallest absolute Gasteiger partial charge is 0.405 e. The molecule has 1 aliphatic rings. The van der Waals surface area contributed by atoms with Gasteiger partial charge in [0.2, 0.25) is 5.91 Å². The molecule has 5 nitrogen and oxygen atoms in total. The topological polar surface area (TPSA) is 57.5 Å². The molecule has 0 aliphatic carbocycles. The van der Waals surface area contributed by atoms with Crippen LogP contribution >= 0.6 is 0 Å². The van der Waals surface area contributed by atoms with Crippen LogP contribution in [0.15, 0.2) is 46.9 Å². The minimum atomic E-state index is -4.38. The quantitative estimate of drug-likeness (QED) is 0.757. The Balaban J connectivity index is 1.49. The van der Waals surface area contributed by atoms with Gasteiger partial charge in [-0.3, -0.25) is 9.69 Å². The zero-order chi connectivity index (χ0) is 20.0. The number of benzene rings is 1. The summed E-state index contributed by atoms with van der Waals surface area (Å²) in [5.74, 6) is 0.914. The van der Waals surface area contributed by atoms with Crippen molar-refractivity contribution in [2.24, 2.45) is 0 Å². The molecule has 2 aromatic rings. The number of nitrogens with one attached hydrogen (secondary N) is 2. The second-order valence-corrected chi connectivity index (χ2v) is 6.78. The highest BCUT2D eigenvalue weighted by molar-refractivity contribution is 5.76. The Labute approximate surface area is 161 Å². The SMILES string of the molecule is O=C(CCc1ccc(-c2ccccc2)o1)NCC(N1CCNCC1)C(F)(F)F. The largest absolute Gasteiger partial charge is 0.461 e. The van der Waals surface area contributed by atoms with E-state index in [9.17, 15) is 18.0 Å². The first kappa shape index (κ1) is 20.4. The van der Waals surface area contributed by atoms with Gasteiger partial charge in [-0.2, -0.15) is 13.2 Å². The molecule has 1 aliphatic heterocycles. The van der Waals surface area contributed by atoms with E-state index in [0.717, 1.165) is 5.56 Å². The molecule has 0 spiro atoms. The van der Waals surface area contributed by atoms with Crippen molar-refractivity contribution in [3.8, 4) is 11.3 Å². The Morgan fingerprint density at radius 1 is 1.14 bits per heavy atom. The van der Waals surface area contributed by atoms with Crippen LogP contribution in [0.25, 0.3) is 11.3 Å². The third-order valence-electron chi connectivity index (χ3n) is 4.78. The van der Waals surface area contributed by atoms with Crippen molar-refractivity contribution in [2.45, 2.75) is 25.1 Å². The normalized spacial score (nSPS) is 16.7. The number of rotatable bonds is 7. The van der Waals surface area contributed by atoms with Gasteiger partial charge in [-0.05, 0) is 12.1 Å². The van der Waals surface area contributed by atoms with E-state index in [1.807, 2.05) is 36.4 Å². The second kappa shape index (κ2) is 9.25. The molecule has 1 aromatic carbocycles. The van der Waals surface area contributed by atoms with E-state index in [1.165, 1.54) is 4.90 Å². The summed E-state index contributed by atoms with van der Waals surface area (Å²) < 4.78 is 45.7. The van der Waals surface area contributed by atoms with Crippen LogP contribution in [0.2, 0.25) is 0 Å². The molecule has 28 heavy (non-hydrogen) atoms. The van der Waals surface area contributed by atoms with Gasteiger partial charge in [0.05, 0.1) is 0 Å². The van der Waals surface area contributed by atoms with Gasteiger partial charge < -0.3 is 15.1 Å². The van der Waals surface area contributed by atoms with Gasteiger partial charge in [-0.1, -0.05) is 30.3 Å². The molecule has 2 N–H and O–H groups in total. The fraction of sp³-hybridized carbons (Fsp3) is 0.450. The van der Waals surface area contributed by atoms with Crippen LogP contribution in [0.4, 0.5) is 13.2 Å². The van der Waals surface area contributed by atoms with Gasteiger partial charge in [0, 0.05) is 51.1 Å². The Hall–Kier alpha value is -2.32. The van der Waals surface area contributed by atoms with Gasteiger partial charge in [-0.25, -0.2) is 0 Å². The molecule has 0 saturated carbocycles. The lowest BCUT2D eigenvalue weighted by atomic mass is 10.2. The van der Waals surface area contributed by atoms with E-state index in [-0.39, 0.29) is 6.42 Å². The molecular weight excluding hydrogens is 371 g/mol. The first-order chi connectivity index (χ1) is 13.4. The lowest BCUT2D eigenvalue weighted by molar-refractivity contribution is -0.184. The maximum absolute atomic E-state index is 13.3. The molecule has 2 heterocycles. The molecule has 8 heteroatoms. The van der Waals surface area contributed by atoms with Crippen molar-refractivity contribution in [1.82, 2.24) is 15.5 Å². The van der Waals surface area contributed by atoms with Gasteiger partial charge >= 0.3 is 6.18 Å². The third-order valence-corrected chi connectivity index (χ3v) is 4.78. The highest BCUT2D eigenvalue weighted by Gasteiger charge is 2.43. The molecule has 152 valence electrons. The molecule has 1 atom stereocenters. The summed E-state index contributed by atoms with van der Waals surface area (Å²) in [4.78, 5) is 13.4. The van der Waals surface area contributed by atoms with Gasteiger partial charge in [0.25, 0.3) is 0 Å². The summed E-state index contributed by atoms with van der Waals surface area (Å²) in [7, 11) is 0. The summed E-state index contributed by atoms with van der Waals surface area (Å²) in [6, 6.07) is 11.5. The number of aryl methyl sites for hydroxylation is 1. The molecule has 1 aromatic heterocycles. The van der Waals surface area contributed by atoms with Crippen LogP contribution in [0.5, 0.6) is 0 Å². The van der Waals surface area contributed by atoms with E-state index in [4.69, 9.17) is 4.42 Å². The summed E-state index contributed by atoms with van der Waals surface area (Å²) in [6.45, 7) is 1.23. The number of carbonyl (C=O) groups excluding carboxylic acids is 1. The molecule has 1 saturated heterocycles. The Morgan fingerprint density at radius 3 is 2.54 bits per heavy atom. The zero-order valence-corrected chi connectivity index (χ0v) is 15.5. The fourth-order valence-corrected chi connectivity index (χ4v) is 3.25. The second-order valence-electron chi connectivity index (χ2n) is 6.78. The van der Waals surface area contributed by atoms with Crippen LogP contribution in [-0.4, -0.2) is 55.7 Å². The number of amides is 1. The Kier molecular flexibility index (Phi) is 6.74. The number of carbonyl (C=O) groups is 1. The molecule has 1 amide bonds. The van der Waals surface area contributed by atoms with Gasteiger partial charge in [0.15, 0.2) is 0 Å². The summed E-state index contributed by atoms with van der Waals surface area (Å²) >= 11 is 0. The highest BCUT2D eigenvalue weighted by atomic mass is 19.4. The number of hydrogen-bond donors (Lipinski definition) is 2. The number of piperazine rings is 1. The van der Waals surface area contributed by atoms with Gasteiger partial charge in [0.1, 0.15) is 17.6 Å². The van der Waals surface area contributed by atoms with Crippen molar-refractivity contribution in [2.75, 3.05) is 32.7 Å². The van der Waals surface area contributed by atoms with Crippen molar-refractivity contribution >= 4 is 5.91 Å². The number of furan rings is 1. The van der Waals surface area contributed by atoms with Crippen LogP contribution in [-0.2, 0) is 11.2 Å². The number of halogens is 3. The maximum Gasteiger partial charge on any atom is 0.405 e. The molecule has 3 rings (SSSR count). The molecular formula is C20H24F3N3O2. The Bertz CT molecular complexity index is 756. The van der Waals surface area contributed by atoms with E-state index in [1.54, 1.807) is 6.07 Å². The van der Waals surface area contributed by atoms with Crippen molar-refractivity contribution < 1.29 is 22.4 Å². The van der Waals surface area contributed by atoms with Crippen molar-refractivity contribution in [1.29, 1.82) is 0 Å². The van der Waals surface area contributed by atoms with Crippen molar-refractivity contribution in [3.63, 3.8) is 0 Å². The van der Waals surface area contributed by atoms with Crippen LogP contribution < -0.4 is 10.6 Å². The van der Waals surface area contributed by atoms with Crippen LogP contribution in [0.3, 0.4) is 0 Å². The summed E-state index contributed by atoms with van der Waals surface area (Å²) in [5, 5.41) is 5.46. The zero-order valence-electron chi connectivity index (χ0n) is 15.5. The van der Waals surface area contributed by atoms with Gasteiger partial charge in [-0.15, -0.1) is 0 Å². The van der Waals surface area contributed by atoms with E-state index in [2.05, 4.69) is 10.6 Å². The average Bonchev–Trinajstić information content (AvgIpc) is 3.16. The monoisotopic (exact) mass is 395 g/mol. The average molecular weight is 395 g/mol. The lowest BCUT2D eigenvalue weighted by Gasteiger charge is -2.35. The Morgan fingerprint density at radius 2 is 1.86 bits per heavy atom. The summed E-state index contributed by atoms with van der Waals surface area (Å²) in [5.41, 5.74) is 0.933. The molecule has 0 radical (unpaired) electrons. The first-order valence-corrected chi connectivity index (χ1v) is 9.36. The van der Waals surface area contributed by atoms with Crippen LogP contribution in [0.1, 0.15) is 12.2 Å². The van der Waals surface area contributed by atoms with E-state index < -0.39 is 24.7 Å². The number of nitrogens with zero attached hydrogens (tertiary/aromatic N) is 1. The van der Waals surface area contributed by atoms with Crippen LogP contribution in [0, 0.1) is 0 Å². The minimum absolute atomic E-state index is 0.0773. The lowest BCUT2D eigenvalue weighted by Crippen LogP contribution is -2.57. The predicted octanol–water partition coefficient (Wildman–Crippen LogP) is 2.83. The minimum Gasteiger partial charge on any atom is -0.461 e. The van der Waals surface area contributed by atoms with E-state index >= 15 is 0 Å². The fourth-order valence-electron chi connectivity index (χ4n) is 3.25. The number of alkyl halides is 3. The highest BCUT2D eigenvalue weighted by Crippen LogP contribution is 2.25. The molecule has 1 unspecified atom stereocenters. The standard InChI is InChI=1S/C20H24F3N3O2/c21-20(22,23)18(26-12-10-24-11-13-26)14-25-19(27)9-7-16-6-8-17(28-16)15-4-2-1-3-5-15/h1-6,8,18,24H,7,9-14H2,(H,25,27). The predicted molar refractivity (Wildman–Crippen MR) is 99.8 cm³/mol. The third kappa shape index (κ3) is 5.59. The first-order valence-electron chi connectivity index (χ1n) is 9.36. The van der Waals surface area contributed by atoms with E-state index in [0.29, 0.717) is 44.1 Å². The van der Waals surface area contributed by atoms with Crippen molar-refractivity contribution in [3.05, 3.63) is 48.2 Å².